The second-order valence-corrected chi connectivity index (χ2v) is 9.36. The van der Waals surface area contributed by atoms with E-state index in [1.165, 1.54) is 0 Å². The van der Waals surface area contributed by atoms with E-state index in [1.807, 2.05) is 31.3 Å². The molecule has 33 heavy (non-hydrogen) atoms. The zero-order valence-corrected chi connectivity index (χ0v) is 19.7. The summed E-state index contributed by atoms with van der Waals surface area (Å²) in [6, 6.07) is 25.4. The normalized spacial score (nSPS) is 14.2. The average molecular weight is 496 g/mol. The molecule has 162 valence electrons. The van der Waals surface area contributed by atoms with Gasteiger partial charge in [0.1, 0.15) is 0 Å². The first-order valence-corrected chi connectivity index (χ1v) is 11.9. The van der Waals surface area contributed by atoms with Crippen molar-refractivity contribution in [2.45, 2.75) is 25.8 Å². The van der Waals surface area contributed by atoms with Gasteiger partial charge < -0.3 is 9.88 Å². The molecule has 2 aliphatic carbocycles. The zero-order valence-electron chi connectivity index (χ0n) is 18.2. The summed E-state index contributed by atoms with van der Waals surface area (Å²) in [5.74, 6) is 0. The number of halogens is 1. The van der Waals surface area contributed by atoms with E-state index < -0.39 is 0 Å². The van der Waals surface area contributed by atoms with Crippen molar-refractivity contribution >= 4 is 38.3 Å². The fourth-order valence-corrected chi connectivity index (χ4v) is 4.28. The molecule has 1 aliphatic heterocycles. The number of benzene rings is 3. The monoisotopic (exact) mass is 495 g/mol. The lowest BCUT2D eigenvalue weighted by Crippen LogP contribution is -2.15. The molecule has 1 aromatic heterocycles. The maximum absolute atomic E-state index is 5.03. The lowest BCUT2D eigenvalue weighted by molar-refractivity contribution is 0.997. The van der Waals surface area contributed by atoms with Crippen molar-refractivity contribution in [3.8, 4) is 17.1 Å². The number of para-hydroxylation sites is 2. The lowest BCUT2D eigenvalue weighted by Gasteiger charge is -2.20. The van der Waals surface area contributed by atoms with Crippen molar-refractivity contribution in [3.63, 3.8) is 0 Å². The molecule has 1 fully saturated rings. The molecular formula is C27H22BrN5. The summed E-state index contributed by atoms with van der Waals surface area (Å²) in [7, 11) is 0. The second-order valence-electron chi connectivity index (χ2n) is 8.44. The Balaban J connectivity index is 1.62. The number of nitrogens with zero attached hydrogens (tertiary/aromatic N) is 4. The molecule has 6 rings (SSSR count). The number of nitrogens with one attached hydrogen (secondary N) is 1. The highest BCUT2D eigenvalue weighted by Gasteiger charge is 2.21. The van der Waals surface area contributed by atoms with Gasteiger partial charge in [-0.15, -0.1) is 0 Å². The molecule has 3 aliphatic rings. The molecule has 0 bridgehead atoms. The van der Waals surface area contributed by atoms with Gasteiger partial charge in [-0.3, -0.25) is 9.98 Å². The molecular weight excluding hydrogens is 474 g/mol. The maximum atomic E-state index is 5.03. The molecule has 6 heteroatoms. The molecule has 0 saturated heterocycles. The van der Waals surface area contributed by atoms with E-state index in [2.05, 4.69) is 85.4 Å². The Morgan fingerprint density at radius 2 is 1.82 bits per heavy atom. The number of fused-ring (bicyclic) bond motifs is 2. The van der Waals surface area contributed by atoms with Crippen molar-refractivity contribution in [2.24, 2.45) is 4.99 Å². The molecule has 0 spiro atoms. The molecule has 0 radical (unpaired) electrons. The number of pyridine rings is 1. The number of anilines is 2. The van der Waals surface area contributed by atoms with E-state index >= 15 is 0 Å². The number of hydrogen-bond acceptors (Lipinski definition) is 4. The predicted octanol–water partition coefficient (Wildman–Crippen LogP) is 6.40. The first kappa shape index (κ1) is 20.1. The molecule has 0 atom stereocenters. The average Bonchev–Trinajstić information content (AvgIpc) is 3.64. The Kier molecular flexibility index (Phi) is 4.95. The van der Waals surface area contributed by atoms with E-state index in [1.54, 1.807) is 0 Å². The number of rotatable bonds is 4. The molecule has 1 saturated carbocycles. The summed E-state index contributed by atoms with van der Waals surface area (Å²) in [5.41, 5.74) is 7.92. The number of hydrogen-bond donors (Lipinski definition) is 1. The van der Waals surface area contributed by atoms with E-state index in [9.17, 15) is 0 Å². The fourth-order valence-electron chi connectivity index (χ4n) is 4.01. The molecule has 0 amide bonds. The minimum absolute atomic E-state index is 0.397. The third kappa shape index (κ3) is 4.02. The molecule has 1 N–H and O–H groups in total. The summed E-state index contributed by atoms with van der Waals surface area (Å²) in [5, 5.41) is 4.48. The smallest absolute Gasteiger partial charge is 0.0900 e. The van der Waals surface area contributed by atoms with Gasteiger partial charge in [-0.05, 0) is 80.4 Å². The van der Waals surface area contributed by atoms with Crippen LogP contribution in [0.3, 0.4) is 0 Å². The van der Waals surface area contributed by atoms with Crippen LogP contribution in [0.1, 0.15) is 18.5 Å². The molecule has 2 aromatic carbocycles. The van der Waals surface area contributed by atoms with Crippen LogP contribution in [-0.4, -0.2) is 20.6 Å². The molecule has 5 nitrogen and oxygen atoms in total. The van der Waals surface area contributed by atoms with Gasteiger partial charge in [0.15, 0.2) is 0 Å². The largest absolute Gasteiger partial charge is 0.352 e. The first-order valence-electron chi connectivity index (χ1n) is 11.1. The van der Waals surface area contributed by atoms with Crippen molar-refractivity contribution in [2.75, 3.05) is 5.32 Å². The van der Waals surface area contributed by atoms with Crippen LogP contribution in [0.25, 0.3) is 28.1 Å². The van der Waals surface area contributed by atoms with E-state index in [4.69, 9.17) is 9.98 Å². The quantitative estimate of drug-likeness (QED) is 0.293. The summed E-state index contributed by atoms with van der Waals surface area (Å²) in [6.45, 7) is 1.99. The van der Waals surface area contributed by atoms with Crippen LogP contribution in [-0.2, 0) is 0 Å². The van der Waals surface area contributed by atoms with Crippen molar-refractivity contribution < 1.29 is 0 Å². The molecule has 2 heterocycles. The number of aryl methyl sites for hydroxylation is 1. The summed E-state index contributed by atoms with van der Waals surface area (Å²) in [6.07, 6.45) is 4.15. The van der Waals surface area contributed by atoms with Crippen LogP contribution < -0.4 is 10.7 Å². The maximum Gasteiger partial charge on any atom is 0.0900 e. The van der Waals surface area contributed by atoms with Gasteiger partial charge >= 0.3 is 0 Å². The summed E-state index contributed by atoms with van der Waals surface area (Å²) >= 11 is 3.56. The third-order valence-electron chi connectivity index (χ3n) is 5.84. The SMILES string of the molecule is Cc1ccc(Nc2cc3nc4ccccc4n(-c4ccc(Br)cc4)c-3cc2=NC2CC2)cn1. The Labute approximate surface area is 200 Å². The zero-order chi connectivity index (χ0) is 22.4. The minimum atomic E-state index is 0.397. The van der Waals surface area contributed by atoms with Crippen molar-refractivity contribution in [3.05, 3.63) is 94.5 Å². The molecule has 0 unspecified atom stereocenters. The Morgan fingerprint density at radius 1 is 1.00 bits per heavy atom. The fraction of sp³-hybridized carbons (Fsp3) is 0.148. The topological polar surface area (TPSA) is 55.1 Å². The number of aromatic nitrogens is 3. The van der Waals surface area contributed by atoms with Crippen LogP contribution in [0.2, 0.25) is 0 Å². The van der Waals surface area contributed by atoms with Gasteiger partial charge in [0, 0.05) is 15.9 Å². The molecule has 3 aromatic rings. The Hall–Kier alpha value is -3.51. The van der Waals surface area contributed by atoms with Gasteiger partial charge in [0.25, 0.3) is 0 Å². The highest BCUT2D eigenvalue weighted by Crippen LogP contribution is 2.31. The van der Waals surface area contributed by atoms with Gasteiger partial charge in [-0.1, -0.05) is 28.1 Å². The van der Waals surface area contributed by atoms with Crippen LogP contribution >= 0.6 is 15.9 Å². The van der Waals surface area contributed by atoms with Gasteiger partial charge in [0.05, 0.1) is 51.4 Å². The van der Waals surface area contributed by atoms with Crippen LogP contribution in [0.15, 0.2) is 88.5 Å². The van der Waals surface area contributed by atoms with Gasteiger partial charge in [0.2, 0.25) is 0 Å². The highest BCUT2D eigenvalue weighted by molar-refractivity contribution is 9.10. The van der Waals surface area contributed by atoms with Crippen LogP contribution in [0.4, 0.5) is 11.4 Å². The van der Waals surface area contributed by atoms with E-state index in [0.29, 0.717) is 6.04 Å². The Morgan fingerprint density at radius 3 is 2.58 bits per heavy atom. The standard InChI is InChI=1S/C27H22BrN5/c1-17-6-9-20(16-29-17)31-23-14-25-27(15-24(23)30-19-10-11-19)33(21-12-7-18(28)8-13-21)26-5-3-2-4-22(26)32-25/h2-9,12-16,19,31H,10-11H2,1H3. The van der Waals surface area contributed by atoms with Gasteiger partial charge in [-0.2, -0.15) is 0 Å². The van der Waals surface area contributed by atoms with E-state index in [0.717, 1.165) is 67.8 Å². The van der Waals surface area contributed by atoms with Crippen LogP contribution in [0, 0.1) is 6.92 Å². The van der Waals surface area contributed by atoms with Crippen molar-refractivity contribution in [1.82, 2.24) is 14.5 Å². The third-order valence-corrected chi connectivity index (χ3v) is 6.37. The second kappa shape index (κ2) is 8.12. The van der Waals surface area contributed by atoms with Crippen molar-refractivity contribution in [1.29, 1.82) is 0 Å². The Bertz CT molecular complexity index is 1500. The first-order chi connectivity index (χ1) is 16.1. The summed E-state index contributed by atoms with van der Waals surface area (Å²) in [4.78, 5) is 14.5. The highest BCUT2D eigenvalue weighted by atomic mass is 79.9. The lowest BCUT2D eigenvalue weighted by atomic mass is 10.1. The minimum Gasteiger partial charge on any atom is -0.352 e. The van der Waals surface area contributed by atoms with E-state index in [-0.39, 0.29) is 0 Å². The summed E-state index contributed by atoms with van der Waals surface area (Å²) < 4.78 is 3.32. The van der Waals surface area contributed by atoms with Crippen LogP contribution in [0.5, 0.6) is 0 Å². The predicted molar refractivity (Wildman–Crippen MR) is 136 cm³/mol. The van der Waals surface area contributed by atoms with Gasteiger partial charge in [-0.25, -0.2) is 4.98 Å².